The lowest BCUT2D eigenvalue weighted by Gasteiger charge is -2.31. The number of aryl methyl sites for hydroxylation is 1. The van der Waals surface area contributed by atoms with E-state index in [9.17, 15) is 9.59 Å². The van der Waals surface area contributed by atoms with Crippen LogP contribution in [0.25, 0.3) is 0 Å². The summed E-state index contributed by atoms with van der Waals surface area (Å²) in [5.41, 5.74) is 3.35. The van der Waals surface area contributed by atoms with Crippen LogP contribution in [0.2, 0.25) is 0 Å². The van der Waals surface area contributed by atoms with E-state index in [0.29, 0.717) is 18.7 Å². The fraction of sp³-hybridized carbons (Fsp3) is 0.462. The quantitative estimate of drug-likeness (QED) is 0.490. The molecule has 0 spiro atoms. The largest absolute Gasteiger partial charge is 0.497 e. The Labute approximate surface area is 196 Å². The van der Waals surface area contributed by atoms with Crippen molar-refractivity contribution in [1.29, 1.82) is 0 Å². The Morgan fingerprint density at radius 3 is 2.41 bits per heavy atom. The normalized spacial score (nSPS) is 12.7. The molecular weight excluding hydrogens is 420 g/mol. The summed E-state index contributed by atoms with van der Waals surface area (Å²) in [6.07, 6.45) is 1.40. The van der Waals surface area contributed by atoms with Crippen LogP contribution in [0.1, 0.15) is 50.3 Å². The molecule has 174 valence electrons. The topological polar surface area (TPSA) is 58.6 Å². The molecular formula is C26H36N2O3S. The zero-order valence-corrected chi connectivity index (χ0v) is 20.7. The van der Waals surface area contributed by atoms with Gasteiger partial charge in [0, 0.05) is 18.3 Å². The van der Waals surface area contributed by atoms with E-state index in [1.54, 1.807) is 23.8 Å². The Morgan fingerprint density at radius 1 is 1.06 bits per heavy atom. The van der Waals surface area contributed by atoms with Crippen LogP contribution in [-0.2, 0) is 21.9 Å². The second-order valence-electron chi connectivity index (χ2n) is 8.09. The standard InChI is InChI=1S/C26H36N2O3S/c1-6-20(4)27-26(30)24(7-2)28(16-22-9-8-10-23(15-22)31-5)25(29)18-32-17-21-13-11-19(3)12-14-21/h8-15,20,24H,6-7,16-18H2,1-5H3,(H,27,30)/t20-,24+/m1/s1. The molecule has 0 bridgehead atoms. The highest BCUT2D eigenvalue weighted by atomic mass is 32.2. The number of rotatable bonds is 12. The van der Waals surface area contributed by atoms with Crippen molar-refractivity contribution >= 4 is 23.6 Å². The maximum atomic E-state index is 13.3. The second kappa shape index (κ2) is 13.2. The highest BCUT2D eigenvalue weighted by Crippen LogP contribution is 2.20. The van der Waals surface area contributed by atoms with Crippen molar-refractivity contribution in [2.45, 2.75) is 64.9 Å². The van der Waals surface area contributed by atoms with Gasteiger partial charge in [-0.15, -0.1) is 11.8 Å². The molecule has 0 aliphatic rings. The summed E-state index contributed by atoms with van der Waals surface area (Å²) in [4.78, 5) is 28.0. The van der Waals surface area contributed by atoms with Gasteiger partial charge in [-0.3, -0.25) is 9.59 Å². The molecule has 1 N–H and O–H groups in total. The van der Waals surface area contributed by atoms with Gasteiger partial charge in [-0.1, -0.05) is 55.8 Å². The van der Waals surface area contributed by atoms with Crippen molar-refractivity contribution in [3.63, 3.8) is 0 Å². The van der Waals surface area contributed by atoms with Gasteiger partial charge in [0.15, 0.2) is 0 Å². The molecule has 2 rings (SSSR count). The summed E-state index contributed by atoms with van der Waals surface area (Å²) in [6, 6.07) is 15.6. The smallest absolute Gasteiger partial charge is 0.243 e. The van der Waals surface area contributed by atoms with Crippen molar-refractivity contribution in [3.05, 3.63) is 65.2 Å². The Balaban J connectivity index is 2.15. The van der Waals surface area contributed by atoms with Crippen LogP contribution in [0.3, 0.4) is 0 Å². The van der Waals surface area contributed by atoms with Crippen LogP contribution in [0.15, 0.2) is 48.5 Å². The molecule has 2 amide bonds. The first-order valence-corrected chi connectivity index (χ1v) is 12.4. The van der Waals surface area contributed by atoms with E-state index in [-0.39, 0.29) is 17.9 Å². The third-order valence-corrected chi connectivity index (χ3v) is 6.48. The average Bonchev–Trinajstić information content (AvgIpc) is 2.80. The fourth-order valence-corrected chi connectivity index (χ4v) is 4.22. The summed E-state index contributed by atoms with van der Waals surface area (Å²) < 4.78 is 5.33. The highest BCUT2D eigenvalue weighted by molar-refractivity contribution is 7.99. The molecule has 0 aromatic heterocycles. The first kappa shape index (κ1) is 25.8. The Bertz CT molecular complexity index is 870. The van der Waals surface area contributed by atoms with E-state index < -0.39 is 6.04 Å². The van der Waals surface area contributed by atoms with Gasteiger partial charge in [0.05, 0.1) is 12.9 Å². The first-order valence-electron chi connectivity index (χ1n) is 11.2. The zero-order valence-electron chi connectivity index (χ0n) is 19.9. The molecule has 32 heavy (non-hydrogen) atoms. The van der Waals surface area contributed by atoms with Crippen molar-refractivity contribution in [1.82, 2.24) is 10.2 Å². The SMILES string of the molecule is CC[C@@H](C)NC(=O)[C@H](CC)N(Cc1cccc(OC)c1)C(=O)CSCc1ccc(C)cc1. The second-order valence-corrected chi connectivity index (χ2v) is 9.08. The minimum atomic E-state index is -0.511. The van der Waals surface area contributed by atoms with Crippen LogP contribution in [0.5, 0.6) is 5.75 Å². The monoisotopic (exact) mass is 456 g/mol. The highest BCUT2D eigenvalue weighted by Gasteiger charge is 2.29. The number of thioether (sulfide) groups is 1. The molecule has 6 heteroatoms. The summed E-state index contributed by atoms with van der Waals surface area (Å²) in [6.45, 7) is 8.40. The van der Waals surface area contributed by atoms with Gasteiger partial charge in [0.2, 0.25) is 11.8 Å². The van der Waals surface area contributed by atoms with E-state index in [4.69, 9.17) is 4.74 Å². The first-order chi connectivity index (χ1) is 15.4. The number of hydrogen-bond acceptors (Lipinski definition) is 4. The van der Waals surface area contributed by atoms with Crippen LogP contribution in [0, 0.1) is 6.92 Å². The van der Waals surface area contributed by atoms with Gasteiger partial charge < -0.3 is 15.0 Å². The molecule has 2 aromatic carbocycles. The maximum Gasteiger partial charge on any atom is 0.243 e. The van der Waals surface area contributed by atoms with Crippen LogP contribution in [0.4, 0.5) is 0 Å². The Kier molecular flexibility index (Phi) is 10.6. The number of nitrogens with zero attached hydrogens (tertiary/aromatic N) is 1. The Hall–Kier alpha value is -2.47. The van der Waals surface area contributed by atoms with Crippen molar-refractivity contribution in [3.8, 4) is 5.75 Å². The van der Waals surface area contributed by atoms with Gasteiger partial charge >= 0.3 is 0 Å². The van der Waals surface area contributed by atoms with Gasteiger partial charge in [-0.2, -0.15) is 0 Å². The fourth-order valence-electron chi connectivity index (χ4n) is 3.35. The van der Waals surface area contributed by atoms with E-state index >= 15 is 0 Å². The maximum absolute atomic E-state index is 13.3. The number of hydrogen-bond donors (Lipinski definition) is 1. The van der Waals surface area contributed by atoms with Crippen molar-refractivity contribution < 1.29 is 14.3 Å². The molecule has 5 nitrogen and oxygen atoms in total. The molecule has 0 aliphatic heterocycles. The number of ether oxygens (including phenoxy) is 1. The molecule has 2 atom stereocenters. The third-order valence-electron chi connectivity index (χ3n) is 5.49. The number of benzene rings is 2. The van der Waals surface area contributed by atoms with Crippen LogP contribution in [-0.4, -0.2) is 41.7 Å². The Morgan fingerprint density at radius 2 is 1.78 bits per heavy atom. The average molecular weight is 457 g/mol. The van der Waals surface area contributed by atoms with E-state index in [0.717, 1.165) is 23.5 Å². The molecule has 0 saturated heterocycles. The molecule has 0 saturated carbocycles. The molecule has 0 radical (unpaired) electrons. The lowest BCUT2D eigenvalue weighted by atomic mass is 10.1. The minimum Gasteiger partial charge on any atom is -0.497 e. The molecule has 0 fully saturated rings. The molecule has 2 aromatic rings. The van der Waals surface area contributed by atoms with Gasteiger partial charge in [-0.25, -0.2) is 0 Å². The summed E-state index contributed by atoms with van der Waals surface area (Å²) >= 11 is 1.58. The van der Waals surface area contributed by atoms with Crippen molar-refractivity contribution in [2.75, 3.05) is 12.9 Å². The minimum absolute atomic E-state index is 0.0314. The number of carbonyl (C=O) groups is 2. The summed E-state index contributed by atoms with van der Waals surface area (Å²) in [5.74, 6) is 1.69. The van der Waals surface area contributed by atoms with Gasteiger partial charge in [-0.05, 0) is 49.9 Å². The lowest BCUT2D eigenvalue weighted by Crippen LogP contribution is -2.51. The van der Waals surface area contributed by atoms with Gasteiger partial charge in [0.1, 0.15) is 11.8 Å². The van der Waals surface area contributed by atoms with E-state index in [1.807, 2.05) is 45.0 Å². The number of nitrogens with one attached hydrogen (secondary N) is 1. The molecule has 0 unspecified atom stereocenters. The van der Waals surface area contributed by atoms with Gasteiger partial charge in [0.25, 0.3) is 0 Å². The van der Waals surface area contributed by atoms with Crippen molar-refractivity contribution in [2.24, 2.45) is 0 Å². The van der Waals surface area contributed by atoms with Crippen LogP contribution >= 0.6 is 11.8 Å². The lowest BCUT2D eigenvalue weighted by molar-refractivity contribution is -0.139. The third kappa shape index (κ3) is 7.90. The molecule has 0 heterocycles. The predicted octanol–water partition coefficient (Wildman–Crippen LogP) is 4.96. The summed E-state index contributed by atoms with van der Waals surface area (Å²) in [7, 11) is 1.62. The van der Waals surface area contributed by atoms with Crippen LogP contribution < -0.4 is 10.1 Å². The zero-order chi connectivity index (χ0) is 23.5. The van der Waals surface area contributed by atoms with E-state index in [2.05, 4.69) is 36.5 Å². The number of methoxy groups -OCH3 is 1. The summed E-state index contributed by atoms with van der Waals surface area (Å²) in [5, 5.41) is 3.05. The van der Waals surface area contributed by atoms with E-state index in [1.165, 1.54) is 11.1 Å². The number of amides is 2. The number of carbonyl (C=O) groups excluding carboxylic acids is 2. The predicted molar refractivity (Wildman–Crippen MR) is 133 cm³/mol. The molecule has 0 aliphatic carbocycles.